The number of amides is 2. The Bertz CT molecular complexity index is 2020. The number of nitrogens with one attached hydrogen (secondary N) is 2. The number of phenolic OH excluding ortho intramolecular Hbond substituents is 1. The highest BCUT2D eigenvalue weighted by atomic mass is 16.5. The van der Waals surface area contributed by atoms with E-state index < -0.39 is 6.10 Å². The van der Waals surface area contributed by atoms with Crippen molar-refractivity contribution in [3.63, 3.8) is 0 Å². The zero-order chi connectivity index (χ0) is 39.8. The monoisotopic (exact) mass is 783 g/mol. The zero-order valence-corrected chi connectivity index (χ0v) is 33.0. The summed E-state index contributed by atoms with van der Waals surface area (Å²) in [6, 6.07) is 16.6. The number of ether oxygens (including phenoxy) is 2. The van der Waals surface area contributed by atoms with Crippen molar-refractivity contribution in [2.75, 3.05) is 79.2 Å². The number of rotatable bonds is 18. The number of likely N-dealkylation sites (N-methyl/N-ethyl adjacent to an activating group) is 1. The van der Waals surface area contributed by atoms with Gasteiger partial charge in [-0.3, -0.25) is 19.1 Å². The minimum absolute atomic E-state index is 0.00905. The molecule has 14 nitrogen and oxygen atoms in total. The maximum Gasteiger partial charge on any atom is 0.274 e. The van der Waals surface area contributed by atoms with Crippen LogP contribution in [0.3, 0.4) is 0 Å². The number of piperidine rings is 1. The number of aliphatic hydroxyl groups is 1. The molecule has 57 heavy (non-hydrogen) atoms. The fourth-order valence-corrected chi connectivity index (χ4v) is 7.88. The van der Waals surface area contributed by atoms with E-state index >= 15 is 0 Å². The van der Waals surface area contributed by atoms with Crippen LogP contribution >= 0.6 is 0 Å². The summed E-state index contributed by atoms with van der Waals surface area (Å²) >= 11 is 0. The van der Waals surface area contributed by atoms with Crippen molar-refractivity contribution in [3.8, 4) is 5.75 Å². The molecule has 2 saturated heterocycles. The predicted octanol–water partition coefficient (Wildman–Crippen LogP) is 3.12. The fraction of sp³-hybridized carbons (Fsp3) is 0.535. The summed E-state index contributed by atoms with van der Waals surface area (Å²) in [7, 11) is 1.75. The van der Waals surface area contributed by atoms with E-state index in [4.69, 9.17) is 9.47 Å². The molecule has 0 bridgehead atoms. The Morgan fingerprint density at radius 1 is 1.04 bits per heavy atom. The number of aromatic hydroxyl groups is 1. The van der Waals surface area contributed by atoms with Crippen LogP contribution in [0.5, 0.6) is 5.75 Å². The molecule has 2 aliphatic heterocycles. The smallest absolute Gasteiger partial charge is 0.274 e. The third-order valence-electron chi connectivity index (χ3n) is 11.7. The summed E-state index contributed by atoms with van der Waals surface area (Å²) in [6.45, 7) is 7.74. The largest absolute Gasteiger partial charge is 0.506 e. The van der Waals surface area contributed by atoms with E-state index in [0.717, 1.165) is 57.8 Å². The summed E-state index contributed by atoms with van der Waals surface area (Å²) in [5.41, 5.74) is 3.33. The number of fused-ring (bicyclic) bond motifs is 1. The molecule has 14 heteroatoms. The first-order valence-corrected chi connectivity index (χ1v) is 20.5. The molecular formula is C43H57N7O7. The van der Waals surface area contributed by atoms with Crippen LogP contribution < -0.4 is 10.9 Å². The van der Waals surface area contributed by atoms with Crippen molar-refractivity contribution in [1.82, 2.24) is 34.8 Å². The van der Waals surface area contributed by atoms with E-state index in [1.807, 2.05) is 21.8 Å². The lowest BCUT2D eigenvalue weighted by Gasteiger charge is -2.47. The average molecular weight is 784 g/mol. The standard InChI is InChI=1S/C43H57N7O7/c1-47(23-18-44-28-38(52)34-8-10-37(51)41-35(34)9-11-39(53)45-41)40(54)15-26-56-25-14-32-4-2-31(3-5-32)12-19-48-21-16-43(17-22-48)30-49(24-27-57-43)42(55)36-13-20-50(46-36)29-33-6-7-33/h2-5,8-11,13,20,33,38,44,51-52H,6-7,12,14-19,21-30H2,1H3,(H,45,53)/t38-/m0/s1. The second-order valence-corrected chi connectivity index (χ2v) is 16.0. The number of carbonyl (C=O) groups excluding carboxylic acids is 2. The molecule has 2 amide bonds. The van der Waals surface area contributed by atoms with E-state index in [2.05, 4.69) is 44.6 Å². The quantitative estimate of drug-likeness (QED) is 0.110. The lowest BCUT2D eigenvalue weighted by molar-refractivity contribution is -0.131. The molecule has 2 aromatic heterocycles. The lowest BCUT2D eigenvalue weighted by atomic mass is 9.89. The van der Waals surface area contributed by atoms with Crippen LogP contribution in [0.2, 0.25) is 0 Å². The van der Waals surface area contributed by atoms with E-state index in [1.165, 1.54) is 36.1 Å². The molecule has 4 N–H and O–H groups in total. The number of carbonyl (C=O) groups is 2. The Morgan fingerprint density at radius 3 is 2.58 bits per heavy atom. The van der Waals surface area contributed by atoms with Gasteiger partial charge in [0, 0.05) is 77.1 Å². The van der Waals surface area contributed by atoms with E-state index in [9.17, 15) is 24.6 Å². The Kier molecular flexibility index (Phi) is 13.4. The van der Waals surface area contributed by atoms with Crippen LogP contribution in [-0.4, -0.2) is 136 Å². The highest BCUT2D eigenvalue weighted by molar-refractivity contribution is 5.92. The number of nitrogens with zero attached hydrogens (tertiary/aromatic N) is 5. The van der Waals surface area contributed by atoms with Gasteiger partial charge in [-0.15, -0.1) is 0 Å². The molecule has 0 radical (unpaired) electrons. The number of hydrogen-bond acceptors (Lipinski definition) is 10. The molecule has 7 rings (SSSR count). The molecule has 2 aromatic carbocycles. The molecule has 1 saturated carbocycles. The van der Waals surface area contributed by atoms with Crippen molar-refractivity contribution in [1.29, 1.82) is 0 Å². The fourth-order valence-electron chi connectivity index (χ4n) is 7.88. The molecule has 1 aliphatic carbocycles. The molecule has 0 unspecified atom stereocenters. The van der Waals surface area contributed by atoms with Crippen molar-refractivity contribution >= 4 is 22.7 Å². The van der Waals surface area contributed by atoms with Crippen LogP contribution in [-0.2, 0) is 33.7 Å². The molecule has 4 aromatic rings. The van der Waals surface area contributed by atoms with Crippen LogP contribution in [0.15, 0.2) is 65.6 Å². The van der Waals surface area contributed by atoms with Crippen LogP contribution in [0, 0.1) is 5.92 Å². The number of morpholine rings is 1. The van der Waals surface area contributed by atoms with Crippen LogP contribution in [0.1, 0.15) is 65.4 Å². The first-order valence-electron chi connectivity index (χ1n) is 20.5. The lowest BCUT2D eigenvalue weighted by Crippen LogP contribution is -2.58. The van der Waals surface area contributed by atoms with Gasteiger partial charge in [0.1, 0.15) is 11.4 Å². The van der Waals surface area contributed by atoms with Gasteiger partial charge in [0.05, 0.1) is 50.0 Å². The molecule has 4 heterocycles. The third-order valence-corrected chi connectivity index (χ3v) is 11.7. The van der Waals surface area contributed by atoms with Crippen molar-refractivity contribution < 1.29 is 29.3 Å². The number of aromatic nitrogens is 3. The maximum atomic E-state index is 13.3. The minimum atomic E-state index is -0.859. The highest BCUT2D eigenvalue weighted by Gasteiger charge is 2.41. The summed E-state index contributed by atoms with van der Waals surface area (Å²) in [5.74, 6) is 0.674. The SMILES string of the molecule is CN(CCNC[C@H](O)c1ccc(O)c2[nH]c(=O)ccc12)C(=O)CCOCCc1ccc(CCN2CCC3(CC2)CN(C(=O)c2ccn(CC4CC4)n2)CCO3)cc1. The third kappa shape index (κ3) is 10.9. The second-order valence-electron chi connectivity index (χ2n) is 16.0. The van der Waals surface area contributed by atoms with Gasteiger partial charge in [0.15, 0.2) is 0 Å². The highest BCUT2D eigenvalue weighted by Crippen LogP contribution is 2.32. The molecule has 1 spiro atoms. The number of phenols is 1. The number of likely N-dealkylation sites (tertiary alicyclic amines) is 1. The summed E-state index contributed by atoms with van der Waals surface area (Å²) < 4.78 is 14.1. The number of H-pyrrole nitrogens is 1. The van der Waals surface area contributed by atoms with Crippen molar-refractivity contribution in [2.45, 2.75) is 63.2 Å². The number of hydrogen-bond donors (Lipinski definition) is 4. The van der Waals surface area contributed by atoms with Crippen molar-refractivity contribution in [2.24, 2.45) is 5.92 Å². The minimum Gasteiger partial charge on any atom is -0.506 e. The van der Waals surface area contributed by atoms with Gasteiger partial charge >= 0.3 is 0 Å². The number of aromatic amines is 1. The second kappa shape index (κ2) is 18.8. The summed E-state index contributed by atoms with van der Waals surface area (Å²) in [5, 5.41) is 29.1. The first-order chi connectivity index (χ1) is 27.6. The Labute approximate surface area is 333 Å². The van der Waals surface area contributed by atoms with Crippen LogP contribution in [0.25, 0.3) is 10.9 Å². The van der Waals surface area contributed by atoms with Gasteiger partial charge in [0.2, 0.25) is 11.5 Å². The van der Waals surface area contributed by atoms with Gasteiger partial charge < -0.3 is 44.7 Å². The van der Waals surface area contributed by atoms with E-state index in [-0.39, 0.29) is 35.3 Å². The zero-order valence-electron chi connectivity index (χ0n) is 33.0. The summed E-state index contributed by atoms with van der Waals surface area (Å²) in [6.07, 6.45) is 7.48. The molecule has 3 aliphatic rings. The van der Waals surface area contributed by atoms with Gasteiger partial charge in [-0.2, -0.15) is 5.10 Å². The van der Waals surface area contributed by atoms with Gasteiger partial charge in [-0.25, -0.2) is 0 Å². The number of aliphatic hydroxyl groups excluding tert-OH is 1. The molecule has 3 fully saturated rings. The molecular weight excluding hydrogens is 727 g/mol. The first kappa shape index (κ1) is 40.6. The van der Waals surface area contributed by atoms with Gasteiger partial charge in [0.25, 0.3) is 5.91 Å². The van der Waals surface area contributed by atoms with E-state index in [0.29, 0.717) is 74.6 Å². The number of pyridine rings is 1. The van der Waals surface area contributed by atoms with Gasteiger partial charge in [-0.05, 0) is 79.3 Å². The normalized spacial score (nSPS) is 17.6. The van der Waals surface area contributed by atoms with Crippen LogP contribution in [0.4, 0.5) is 0 Å². The maximum absolute atomic E-state index is 13.3. The Balaban J connectivity index is 0.736. The summed E-state index contributed by atoms with van der Waals surface area (Å²) in [4.78, 5) is 46.3. The average Bonchev–Trinajstić information content (AvgIpc) is 3.92. The van der Waals surface area contributed by atoms with Crippen molar-refractivity contribution in [3.05, 3.63) is 93.5 Å². The number of benzene rings is 2. The van der Waals surface area contributed by atoms with Gasteiger partial charge in [-0.1, -0.05) is 30.3 Å². The van der Waals surface area contributed by atoms with E-state index in [1.54, 1.807) is 24.1 Å². The Hall–Kier alpha value is -4.60. The molecule has 306 valence electrons. The molecule has 1 atom stereocenters. The topological polar surface area (TPSA) is 165 Å². The predicted molar refractivity (Wildman–Crippen MR) is 216 cm³/mol. The Morgan fingerprint density at radius 2 is 1.81 bits per heavy atom.